The lowest BCUT2D eigenvalue weighted by Crippen LogP contribution is -2.23. The first kappa shape index (κ1) is 20.9. The van der Waals surface area contributed by atoms with Gasteiger partial charge in [0.25, 0.3) is 0 Å². The fraction of sp³-hybridized carbons (Fsp3) is 0.154. The summed E-state index contributed by atoms with van der Waals surface area (Å²) in [6, 6.07) is 25.9. The van der Waals surface area contributed by atoms with Crippen LogP contribution < -0.4 is 5.32 Å². The van der Waals surface area contributed by atoms with Crippen LogP contribution in [0.5, 0.6) is 0 Å². The first-order valence-corrected chi connectivity index (χ1v) is 10.7. The molecule has 1 amide bonds. The maximum absolute atomic E-state index is 12.5. The Bertz CT molecular complexity index is 1170. The van der Waals surface area contributed by atoms with E-state index in [0.717, 1.165) is 28.1 Å². The summed E-state index contributed by atoms with van der Waals surface area (Å²) >= 11 is 6.18. The molecule has 0 aliphatic rings. The maximum atomic E-state index is 12.5. The van der Waals surface area contributed by atoms with Crippen molar-refractivity contribution < 1.29 is 4.79 Å². The number of carbonyl (C=O) groups excluding carboxylic acids is 1. The third-order valence-electron chi connectivity index (χ3n) is 5.19. The zero-order valence-electron chi connectivity index (χ0n) is 17.4. The van der Waals surface area contributed by atoms with Gasteiger partial charge in [0.2, 0.25) is 5.91 Å². The van der Waals surface area contributed by atoms with E-state index in [1.54, 1.807) is 0 Å². The summed E-state index contributed by atoms with van der Waals surface area (Å²) in [6.45, 7) is 2.49. The van der Waals surface area contributed by atoms with Gasteiger partial charge in [-0.15, -0.1) is 0 Å². The molecule has 1 heterocycles. The molecular weight excluding hydrogens is 406 g/mol. The average Bonchev–Trinajstić information content (AvgIpc) is 3.22. The van der Waals surface area contributed by atoms with Crippen molar-refractivity contribution in [2.24, 2.45) is 0 Å². The quantitative estimate of drug-likeness (QED) is 0.406. The van der Waals surface area contributed by atoms with Crippen LogP contribution in [-0.2, 0) is 17.8 Å². The van der Waals surface area contributed by atoms with Gasteiger partial charge in [-0.3, -0.25) is 4.79 Å². The van der Waals surface area contributed by atoms with Crippen molar-refractivity contribution in [2.75, 3.05) is 0 Å². The molecule has 156 valence electrons. The zero-order valence-corrected chi connectivity index (χ0v) is 18.1. The maximum Gasteiger partial charge on any atom is 0.220 e. The van der Waals surface area contributed by atoms with E-state index in [9.17, 15) is 4.79 Å². The number of nitrogens with zero attached hydrogens (tertiary/aromatic N) is 2. The number of nitrogens with one attached hydrogen (secondary N) is 1. The van der Waals surface area contributed by atoms with Gasteiger partial charge in [0.05, 0.1) is 11.4 Å². The molecule has 0 radical (unpaired) electrons. The molecule has 0 aliphatic carbocycles. The number of hydrogen-bond acceptors (Lipinski definition) is 2. The normalized spacial score (nSPS) is 10.8. The van der Waals surface area contributed by atoms with Crippen molar-refractivity contribution in [1.82, 2.24) is 15.1 Å². The minimum Gasteiger partial charge on any atom is -0.352 e. The first-order valence-electron chi connectivity index (χ1n) is 10.3. The Morgan fingerprint density at radius 3 is 2.39 bits per heavy atom. The van der Waals surface area contributed by atoms with Crippen LogP contribution in [0.15, 0.2) is 85.1 Å². The standard InChI is InChI=1S/C26H24ClN3O/c1-19-11-13-20(14-12-19)26-22(18-30(29-26)23-8-3-2-4-9-23)15-16-25(31)28-17-21-7-5-6-10-24(21)27/h2-14,18H,15-17H2,1H3,(H,28,31). The molecule has 0 unspecified atom stereocenters. The molecule has 5 heteroatoms. The summed E-state index contributed by atoms with van der Waals surface area (Å²) in [7, 11) is 0. The molecule has 0 saturated heterocycles. The Labute approximate surface area is 187 Å². The molecule has 0 spiro atoms. The molecule has 31 heavy (non-hydrogen) atoms. The van der Waals surface area contributed by atoms with E-state index in [4.69, 9.17) is 16.7 Å². The average molecular weight is 430 g/mol. The van der Waals surface area contributed by atoms with E-state index in [0.29, 0.717) is 24.4 Å². The van der Waals surface area contributed by atoms with Crippen LogP contribution >= 0.6 is 11.6 Å². The smallest absolute Gasteiger partial charge is 0.220 e. The van der Waals surface area contributed by atoms with Gasteiger partial charge in [0.1, 0.15) is 0 Å². The summed E-state index contributed by atoms with van der Waals surface area (Å²) in [5.41, 5.74) is 6.10. The third-order valence-corrected chi connectivity index (χ3v) is 5.56. The molecule has 0 atom stereocenters. The number of amides is 1. The lowest BCUT2D eigenvalue weighted by molar-refractivity contribution is -0.121. The van der Waals surface area contributed by atoms with Gasteiger partial charge in [-0.1, -0.05) is 77.8 Å². The summed E-state index contributed by atoms with van der Waals surface area (Å²) in [4.78, 5) is 12.5. The molecular formula is C26H24ClN3O. The zero-order chi connectivity index (χ0) is 21.6. The van der Waals surface area contributed by atoms with Crippen LogP contribution in [0.25, 0.3) is 16.9 Å². The van der Waals surface area contributed by atoms with E-state index in [1.807, 2.05) is 65.5 Å². The summed E-state index contributed by atoms with van der Waals surface area (Å²) in [6.07, 6.45) is 3.00. The van der Waals surface area contributed by atoms with E-state index in [1.165, 1.54) is 5.56 Å². The predicted molar refractivity (Wildman–Crippen MR) is 125 cm³/mol. The highest BCUT2D eigenvalue weighted by atomic mass is 35.5. The van der Waals surface area contributed by atoms with E-state index in [2.05, 4.69) is 36.5 Å². The van der Waals surface area contributed by atoms with Crippen molar-refractivity contribution in [3.05, 3.63) is 107 Å². The second-order valence-corrected chi connectivity index (χ2v) is 7.92. The Morgan fingerprint density at radius 2 is 1.65 bits per heavy atom. The molecule has 3 aromatic carbocycles. The highest BCUT2D eigenvalue weighted by Crippen LogP contribution is 2.25. The van der Waals surface area contributed by atoms with Gasteiger partial charge < -0.3 is 5.32 Å². The molecule has 0 saturated carbocycles. The van der Waals surface area contributed by atoms with Gasteiger partial charge in [-0.25, -0.2) is 4.68 Å². The fourth-order valence-corrected chi connectivity index (χ4v) is 3.63. The van der Waals surface area contributed by atoms with Gasteiger partial charge in [-0.05, 0) is 42.7 Å². The Kier molecular flexibility index (Phi) is 6.48. The van der Waals surface area contributed by atoms with Gasteiger partial charge in [0.15, 0.2) is 0 Å². The Hall–Kier alpha value is -3.37. The highest BCUT2D eigenvalue weighted by Gasteiger charge is 2.14. The Morgan fingerprint density at radius 1 is 0.935 bits per heavy atom. The van der Waals surface area contributed by atoms with Crippen LogP contribution in [0.3, 0.4) is 0 Å². The number of aromatic nitrogens is 2. The topological polar surface area (TPSA) is 46.9 Å². The Balaban J connectivity index is 1.51. The van der Waals surface area contributed by atoms with Crippen LogP contribution in [0.1, 0.15) is 23.1 Å². The number of carbonyl (C=O) groups is 1. The number of para-hydroxylation sites is 1. The minimum atomic E-state index is -0.0118. The lowest BCUT2D eigenvalue weighted by atomic mass is 10.0. The van der Waals surface area contributed by atoms with E-state index < -0.39 is 0 Å². The first-order chi connectivity index (χ1) is 15.1. The second kappa shape index (κ2) is 9.63. The van der Waals surface area contributed by atoms with Crippen molar-refractivity contribution in [1.29, 1.82) is 0 Å². The highest BCUT2D eigenvalue weighted by molar-refractivity contribution is 6.31. The van der Waals surface area contributed by atoms with Crippen molar-refractivity contribution in [3.8, 4) is 16.9 Å². The summed E-state index contributed by atoms with van der Waals surface area (Å²) in [5.74, 6) is -0.0118. The van der Waals surface area contributed by atoms with Crippen LogP contribution in [-0.4, -0.2) is 15.7 Å². The number of aryl methyl sites for hydroxylation is 2. The number of halogens is 1. The number of hydrogen-bond donors (Lipinski definition) is 1. The molecule has 0 fully saturated rings. The molecule has 4 nitrogen and oxygen atoms in total. The molecule has 0 aliphatic heterocycles. The second-order valence-electron chi connectivity index (χ2n) is 7.52. The van der Waals surface area contributed by atoms with Gasteiger partial charge >= 0.3 is 0 Å². The number of benzene rings is 3. The van der Waals surface area contributed by atoms with E-state index >= 15 is 0 Å². The predicted octanol–water partition coefficient (Wildman–Crippen LogP) is 5.75. The van der Waals surface area contributed by atoms with Gasteiger partial charge in [-0.2, -0.15) is 5.10 Å². The third kappa shape index (κ3) is 5.22. The van der Waals surface area contributed by atoms with Crippen molar-refractivity contribution in [3.63, 3.8) is 0 Å². The lowest BCUT2D eigenvalue weighted by Gasteiger charge is -2.07. The van der Waals surface area contributed by atoms with Crippen LogP contribution in [0.2, 0.25) is 5.02 Å². The SMILES string of the molecule is Cc1ccc(-c2nn(-c3ccccc3)cc2CCC(=O)NCc2ccccc2Cl)cc1. The molecule has 4 rings (SSSR count). The monoisotopic (exact) mass is 429 g/mol. The van der Waals surface area contributed by atoms with E-state index in [-0.39, 0.29) is 5.91 Å². The van der Waals surface area contributed by atoms with Gasteiger partial charge in [0, 0.05) is 29.7 Å². The fourth-order valence-electron chi connectivity index (χ4n) is 3.43. The molecule has 0 bridgehead atoms. The largest absolute Gasteiger partial charge is 0.352 e. The van der Waals surface area contributed by atoms with Crippen molar-refractivity contribution in [2.45, 2.75) is 26.3 Å². The number of rotatable bonds is 7. The van der Waals surface area contributed by atoms with Crippen molar-refractivity contribution >= 4 is 17.5 Å². The van der Waals surface area contributed by atoms with Crippen LogP contribution in [0, 0.1) is 6.92 Å². The summed E-state index contributed by atoms with van der Waals surface area (Å²) < 4.78 is 1.88. The minimum absolute atomic E-state index is 0.0118. The molecule has 4 aromatic rings. The van der Waals surface area contributed by atoms with Crippen LogP contribution in [0.4, 0.5) is 0 Å². The molecule has 1 aromatic heterocycles. The molecule has 1 N–H and O–H groups in total. The summed E-state index contributed by atoms with van der Waals surface area (Å²) in [5, 5.41) is 8.46.